The quantitative estimate of drug-likeness (QED) is 0.737. The second kappa shape index (κ2) is 6.62. The summed E-state index contributed by atoms with van der Waals surface area (Å²) in [6, 6.07) is 1.76. The van der Waals surface area contributed by atoms with E-state index in [-0.39, 0.29) is 13.0 Å². The fourth-order valence-corrected chi connectivity index (χ4v) is 2.00. The van der Waals surface area contributed by atoms with Crippen molar-refractivity contribution in [1.82, 2.24) is 0 Å². The van der Waals surface area contributed by atoms with Gasteiger partial charge in [0.25, 0.3) is 0 Å². The van der Waals surface area contributed by atoms with Crippen LogP contribution < -0.4 is 9.88 Å². The van der Waals surface area contributed by atoms with Crippen molar-refractivity contribution < 1.29 is 31.8 Å². The number of unbranched alkanes of at least 4 members (excludes halogenated alkanes) is 1. The third-order valence-corrected chi connectivity index (χ3v) is 3.29. The molecule has 3 N–H and O–H groups in total. The summed E-state index contributed by atoms with van der Waals surface area (Å²) < 4.78 is 53.8. The molecule has 1 aromatic rings. The third kappa shape index (κ3) is 4.42. The van der Waals surface area contributed by atoms with Crippen molar-refractivity contribution in [1.29, 1.82) is 0 Å². The van der Waals surface area contributed by atoms with Gasteiger partial charge in [-0.1, -0.05) is 0 Å². The molecular weight excluding hydrogens is 296 g/mol. The van der Waals surface area contributed by atoms with Crippen molar-refractivity contribution in [2.45, 2.75) is 24.2 Å². The molecule has 1 rings (SSSR count). The molecule has 0 aliphatic rings. The van der Waals surface area contributed by atoms with Gasteiger partial charge in [-0.3, -0.25) is 4.79 Å². The van der Waals surface area contributed by atoms with Crippen molar-refractivity contribution in [3.63, 3.8) is 0 Å². The van der Waals surface area contributed by atoms with E-state index in [0.717, 1.165) is 12.1 Å². The zero-order chi connectivity index (χ0) is 15.3. The highest BCUT2D eigenvalue weighted by atomic mass is 32.2. The van der Waals surface area contributed by atoms with Crippen LogP contribution in [-0.2, 0) is 14.8 Å². The number of halogens is 2. The number of sulfonamides is 1. The molecule has 0 aromatic heterocycles. The molecule has 0 saturated heterocycles. The number of carboxylic acids is 1. The maximum absolute atomic E-state index is 13.5. The highest BCUT2D eigenvalue weighted by molar-refractivity contribution is 7.89. The Kier molecular flexibility index (Phi) is 5.40. The summed E-state index contributed by atoms with van der Waals surface area (Å²) in [6.07, 6.45) is 0.615. The molecule has 1 aromatic carbocycles. The van der Waals surface area contributed by atoms with E-state index in [1.54, 1.807) is 0 Å². The van der Waals surface area contributed by atoms with Crippen LogP contribution in [0.2, 0.25) is 0 Å². The van der Waals surface area contributed by atoms with Gasteiger partial charge in [-0.25, -0.2) is 17.9 Å². The fraction of sp³-hybridized carbons (Fsp3) is 0.364. The van der Waals surface area contributed by atoms with Gasteiger partial charge >= 0.3 is 5.97 Å². The minimum Gasteiger partial charge on any atom is -0.490 e. The first-order valence-corrected chi connectivity index (χ1v) is 7.13. The third-order valence-electron chi connectivity index (χ3n) is 2.36. The number of rotatable bonds is 7. The Balaban J connectivity index is 2.69. The molecule has 0 atom stereocenters. The summed E-state index contributed by atoms with van der Waals surface area (Å²) in [6.45, 7) is -0.0155. The van der Waals surface area contributed by atoms with E-state index in [4.69, 9.17) is 15.0 Å². The SMILES string of the molecule is NS(=O)(=O)c1ccc(OCCCCC(=O)O)c(F)c1F. The summed E-state index contributed by atoms with van der Waals surface area (Å²) in [5.74, 6) is -4.46. The standard InChI is InChI=1S/C11H13F2NO5S/c12-10-7(19-6-2-1-3-9(15)16)4-5-8(11(10)13)20(14,17)18/h4-5H,1-3,6H2,(H,15,16)(H2,14,17,18). The number of aliphatic carboxylic acids is 1. The predicted molar refractivity (Wildman–Crippen MR) is 64.7 cm³/mol. The zero-order valence-electron chi connectivity index (χ0n) is 10.3. The number of carbonyl (C=O) groups is 1. The van der Waals surface area contributed by atoms with Crippen molar-refractivity contribution in [3.05, 3.63) is 23.8 Å². The molecule has 0 bridgehead atoms. The molecule has 0 spiro atoms. The summed E-state index contributed by atoms with van der Waals surface area (Å²) in [5.41, 5.74) is 0. The molecule has 0 unspecified atom stereocenters. The number of nitrogens with two attached hydrogens (primary N) is 1. The van der Waals surface area contributed by atoms with E-state index in [2.05, 4.69) is 0 Å². The Bertz CT molecular complexity index is 603. The number of ether oxygens (including phenoxy) is 1. The summed E-state index contributed by atoms with van der Waals surface area (Å²) in [5, 5.41) is 13.1. The fourth-order valence-electron chi connectivity index (χ4n) is 1.41. The van der Waals surface area contributed by atoms with E-state index < -0.39 is 38.3 Å². The van der Waals surface area contributed by atoms with E-state index in [1.807, 2.05) is 0 Å². The molecule has 0 saturated carbocycles. The van der Waals surface area contributed by atoms with Crippen LogP contribution in [0.4, 0.5) is 8.78 Å². The average molecular weight is 309 g/mol. The second-order valence-electron chi connectivity index (χ2n) is 3.93. The van der Waals surface area contributed by atoms with Gasteiger partial charge in [-0.05, 0) is 25.0 Å². The lowest BCUT2D eigenvalue weighted by atomic mass is 10.2. The minimum atomic E-state index is -4.35. The van der Waals surface area contributed by atoms with Crippen LogP contribution in [-0.4, -0.2) is 26.1 Å². The number of hydrogen-bond donors (Lipinski definition) is 2. The van der Waals surface area contributed by atoms with Gasteiger partial charge in [0.2, 0.25) is 15.8 Å². The van der Waals surface area contributed by atoms with E-state index in [9.17, 15) is 22.0 Å². The van der Waals surface area contributed by atoms with Gasteiger partial charge in [0, 0.05) is 6.42 Å². The molecule has 0 amide bonds. The molecule has 0 fully saturated rings. The van der Waals surface area contributed by atoms with E-state index >= 15 is 0 Å². The number of hydrogen-bond acceptors (Lipinski definition) is 4. The van der Waals surface area contributed by atoms with Crippen LogP contribution in [0.1, 0.15) is 19.3 Å². The van der Waals surface area contributed by atoms with Gasteiger partial charge in [-0.2, -0.15) is 4.39 Å². The molecule has 112 valence electrons. The summed E-state index contributed by atoms with van der Waals surface area (Å²) in [7, 11) is -4.35. The van der Waals surface area contributed by atoms with Gasteiger partial charge in [0.1, 0.15) is 4.90 Å². The van der Waals surface area contributed by atoms with E-state index in [1.165, 1.54) is 0 Å². The lowest BCUT2D eigenvalue weighted by Gasteiger charge is -2.09. The molecule has 20 heavy (non-hydrogen) atoms. The van der Waals surface area contributed by atoms with Gasteiger partial charge in [0.05, 0.1) is 6.61 Å². The monoisotopic (exact) mass is 309 g/mol. The number of carboxylic acid groups (broad SMARTS) is 1. The molecule has 0 aliphatic heterocycles. The zero-order valence-corrected chi connectivity index (χ0v) is 11.1. The first-order valence-electron chi connectivity index (χ1n) is 5.59. The molecule has 0 radical (unpaired) electrons. The topological polar surface area (TPSA) is 107 Å². The van der Waals surface area contributed by atoms with Crippen LogP contribution >= 0.6 is 0 Å². The van der Waals surface area contributed by atoms with Crippen molar-refractivity contribution in [3.8, 4) is 5.75 Å². The molecule has 0 aliphatic carbocycles. The van der Waals surface area contributed by atoms with E-state index in [0.29, 0.717) is 12.8 Å². The van der Waals surface area contributed by atoms with Crippen molar-refractivity contribution in [2.24, 2.45) is 5.14 Å². The molecular formula is C11H13F2NO5S. The Morgan fingerprint density at radius 3 is 2.45 bits per heavy atom. The van der Waals surface area contributed by atoms with Crippen LogP contribution in [0.5, 0.6) is 5.75 Å². The van der Waals surface area contributed by atoms with Crippen molar-refractivity contribution in [2.75, 3.05) is 6.61 Å². The normalized spacial score (nSPS) is 11.3. The van der Waals surface area contributed by atoms with Gasteiger partial charge in [-0.15, -0.1) is 0 Å². The Labute approximate surface area is 114 Å². The first kappa shape index (κ1) is 16.3. The highest BCUT2D eigenvalue weighted by Gasteiger charge is 2.21. The Morgan fingerprint density at radius 1 is 1.25 bits per heavy atom. The smallest absolute Gasteiger partial charge is 0.303 e. The molecule has 0 heterocycles. The first-order chi connectivity index (χ1) is 9.23. The predicted octanol–water partition coefficient (Wildman–Crippen LogP) is 1.25. The number of primary sulfonamides is 1. The number of benzene rings is 1. The second-order valence-corrected chi connectivity index (χ2v) is 5.46. The Hall–Kier alpha value is -1.74. The van der Waals surface area contributed by atoms with Gasteiger partial charge < -0.3 is 9.84 Å². The minimum absolute atomic E-state index is 0.0155. The highest BCUT2D eigenvalue weighted by Crippen LogP contribution is 2.25. The molecule has 6 nitrogen and oxygen atoms in total. The van der Waals surface area contributed by atoms with Crippen LogP contribution in [0, 0.1) is 11.6 Å². The van der Waals surface area contributed by atoms with Crippen LogP contribution in [0.3, 0.4) is 0 Å². The lowest BCUT2D eigenvalue weighted by molar-refractivity contribution is -0.137. The maximum Gasteiger partial charge on any atom is 0.303 e. The maximum atomic E-state index is 13.5. The van der Waals surface area contributed by atoms with Crippen LogP contribution in [0.15, 0.2) is 17.0 Å². The lowest BCUT2D eigenvalue weighted by Crippen LogP contribution is -2.15. The largest absolute Gasteiger partial charge is 0.490 e. The van der Waals surface area contributed by atoms with Crippen molar-refractivity contribution >= 4 is 16.0 Å². The summed E-state index contributed by atoms with van der Waals surface area (Å²) >= 11 is 0. The van der Waals surface area contributed by atoms with Crippen LogP contribution in [0.25, 0.3) is 0 Å². The Morgan fingerprint density at radius 2 is 1.90 bits per heavy atom. The summed E-state index contributed by atoms with van der Waals surface area (Å²) in [4.78, 5) is 9.29. The van der Waals surface area contributed by atoms with Gasteiger partial charge in [0.15, 0.2) is 11.6 Å². The molecule has 9 heteroatoms. The average Bonchev–Trinajstić information content (AvgIpc) is 2.32.